The molecule has 0 spiro atoms. The van der Waals surface area contributed by atoms with E-state index in [0.29, 0.717) is 16.5 Å². The predicted molar refractivity (Wildman–Crippen MR) is 76.6 cm³/mol. The summed E-state index contributed by atoms with van der Waals surface area (Å²) < 4.78 is 5.08. The Labute approximate surface area is 118 Å². The summed E-state index contributed by atoms with van der Waals surface area (Å²) in [4.78, 5) is 12.3. The number of carbonyl (C=O) groups excluding carboxylic acids is 1. The molecule has 0 aromatic heterocycles. The van der Waals surface area contributed by atoms with Gasteiger partial charge in [0.1, 0.15) is 5.75 Å². The average molecular weight is 283 g/mol. The van der Waals surface area contributed by atoms with Gasteiger partial charge in [0, 0.05) is 11.7 Å². The summed E-state index contributed by atoms with van der Waals surface area (Å²) in [6.07, 6.45) is 2.71. The number of nitrogens with two attached hydrogens (primary N) is 1. The van der Waals surface area contributed by atoms with Crippen molar-refractivity contribution in [3.05, 3.63) is 23.2 Å². The smallest absolute Gasteiger partial charge is 0.231 e. The average Bonchev–Trinajstić information content (AvgIpc) is 2.71. The minimum atomic E-state index is -0.494. The quantitative estimate of drug-likeness (QED) is 0.896. The van der Waals surface area contributed by atoms with Crippen LogP contribution in [-0.2, 0) is 4.79 Å². The van der Waals surface area contributed by atoms with E-state index < -0.39 is 5.41 Å². The second-order valence-electron chi connectivity index (χ2n) is 5.22. The normalized spacial score (nSPS) is 26.2. The molecular weight excluding hydrogens is 264 g/mol. The maximum absolute atomic E-state index is 12.3. The zero-order valence-electron chi connectivity index (χ0n) is 11.2. The van der Waals surface area contributed by atoms with Crippen molar-refractivity contribution in [2.24, 2.45) is 11.1 Å². The predicted octanol–water partition coefficient (Wildman–Crippen LogP) is 2.80. The second kappa shape index (κ2) is 5.39. The number of amides is 1. The summed E-state index contributed by atoms with van der Waals surface area (Å²) in [6, 6.07) is 5.10. The van der Waals surface area contributed by atoms with Crippen molar-refractivity contribution in [1.82, 2.24) is 0 Å². The Morgan fingerprint density at radius 2 is 2.32 bits per heavy atom. The maximum Gasteiger partial charge on any atom is 0.231 e. The fourth-order valence-corrected chi connectivity index (χ4v) is 2.75. The number of methoxy groups -OCH3 is 1. The lowest BCUT2D eigenvalue weighted by Gasteiger charge is -2.27. The fraction of sp³-hybridized carbons (Fsp3) is 0.500. The molecule has 1 aliphatic carbocycles. The molecule has 104 valence electrons. The van der Waals surface area contributed by atoms with Crippen molar-refractivity contribution in [2.45, 2.75) is 32.2 Å². The monoisotopic (exact) mass is 282 g/mol. The van der Waals surface area contributed by atoms with Crippen LogP contribution in [0.2, 0.25) is 5.02 Å². The third kappa shape index (κ3) is 2.69. The summed E-state index contributed by atoms with van der Waals surface area (Å²) in [5.74, 6) is 0.544. The molecule has 1 aliphatic rings. The van der Waals surface area contributed by atoms with Crippen molar-refractivity contribution < 1.29 is 9.53 Å². The summed E-state index contributed by atoms with van der Waals surface area (Å²) in [7, 11) is 1.55. The highest BCUT2D eigenvalue weighted by molar-refractivity contribution is 6.32. The van der Waals surface area contributed by atoms with Crippen LogP contribution < -0.4 is 15.8 Å². The number of ether oxygens (including phenoxy) is 1. The van der Waals surface area contributed by atoms with Crippen LogP contribution >= 0.6 is 11.6 Å². The highest BCUT2D eigenvalue weighted by Gasteiger charge is 2.42. The van der Waals surface area contributed by atoms with Gasteiger partial charge in [-0.3, -0.25) is 4.79 Å². The molecule has 0 aliphatic heterocycles. The third-order valence-corrected chi connectivity index (χ3v) is 4.25. The van der Waals surface area contributed by atoms with Gasteiger partial charge in [0.05, 0.1) is 17.5 Å². The van der Waals surface area contributed by atoms with E-state index in [1.54, 1.807) is 25.3 Å². The van der Waals surface area contributed by atoms with Gasteiger partial charge in [-0.2, -0.15) is 0 Å². The van der Waals surface area contributed by atoms with Crippen molar-refractivity contribution >= 4 is 23.2 Å². The molecule has 0 heterocycles. The zero-order chi connectivity index (χ0) is 14.0. The van der Waals surface area contributed by atoms with Crippen molar-refractivity contribution in [2.75, 3.05) is 12.4 Å². The number of nitrogens with one attached hydrogen (secondary N) is 1. The van der Waals surface area contributed by atoms with Gasteiger partial charge in [0.15, 0.2) is 0 Å². The number of anilines is 1. The third-order valence-electron chi connectivity index (χ3n) is 3.96. The lowest BCUT2D eigenvalue weighted by molar-refractivity contribution is -0.125. The van der Waals surface area contributed by atoms with Crippen LogP contribution in [0.5, 0.6) is 5.75 Å². The first-order valence-electron chi connectivity index (χ1n) is 6.38. The molecule has 2 unspecified atom stereocenters. The van der Waals surface area contributed by atoms with Gasteiger partial charge in [0.2, 0.25) is 5.91 Å². The van der Waals surface area contributed by atoms with Gasteiger partial charge in [-0.05, 0) is 38.0 Å². The molecule has 3 N–H and O–H groups in total. The first kappa shape index (κ1) is 14.2. The lowest BCUT2D eigenvalue weighted by Crippen LogP contribution is -2.44. The minimum absolute atomic E-state index is 0.0428. The summed E-state index contributed by atoms with van der Waals surface area (Å²) in [6.45, 7) is 1.92. The van der Waals surface area contributed by atoms with Gasteiger partial charge < -0.3 is 15.8 Å². The molecule has 4 nitrogen and oxygen atoms in total. The molecule has 0 saturated heterocycles. The first-order chi connectivity index (χ1) is 8.97. The molecule has 0 bridgehead atoms. The van der Waals surface area contributed by atoms with Crippen LogP contribution in [0.1, 0.15) is 26.2 Å². The molecule has 2 atom stereocenters. The number of hydrogen-bond acceptors (Lipinski definition) is 3. The van der Waals surface area contributed by atoms with E-state index in [4.69, 9.17) is 22.1 Å². The Kier molecular flexibility index (Phi) is 4.02. The Bertz CT molecular complexity index is 492. The van der Waals surface area contributed by atoms with Crippen molar-refractivity contribution in [3.8, 4) is 5.75 Å². The van der Waals surface area contributed by atoms with Gasteiger partial charge in [0.25, 0.3) is 0 Å². The second-order valence-corrected chi connectivity index (χ2v) is 5.63. The molecule has 1 aromatic rings. The Hall–Kier alpha value is -1.26. The van der Waals surface area contributed by atoms with E-state index in [-0.39, 0.29) is 11.9 Å². The molecule has 2 rings (SSSR count). The molecule has 5 heteroatoms. The number of hydrogen-bond donors (Lipinski definition) is 2. The molecule has 19 heavy (non-hydrogen) atoms. The summed E-state index contributed by atoms with van der Waals surface area (Å²) in [5, 5.41) is 3.36. The summed E-state index contributed by atoms with van der Waals surface area (Å²) in [5.41, 5.74) is 6.21. The molecule has 1 amide bonds. The number of rotatable bonds is 3. The van der Waals surface area contributed by atoms with Crippen LogP contribution in [0, 0.1) is 5.41 Å². The maximum atomic E-state index is 12.3. The van der Waals surface area contributed by atoms with E-state index in [1.165, 1.54) is 0 Å². The van der Waals surface area contributed by atoms with Crippen LogP contribution in [0.15, 0.2) is 18.2 Å². The van der Waals surface area contributed by atoms with Crippen LogP contribution in [0.3, 0.4) is 0 Å². The Morgan fingerprint density at radius 3 is 2.84 bits per heavy atom. The van der Waals surface area contributed by atoms with Gasteiger partial charge >= 0.3 is 0 Å². The summed E-state index contributed by atoms with van der Waals surface area (Å²) >= 11 is 6.04. The van der Waals surface area contributed by atoms with E-state index in [2.05, 4.69) is 5.32 Å². The highest BCUT2D eigenvalue weighted by Crippen LogP contribution is 2.38. The van der Waals surface area contributed by atoms with E-state index in [0.717, 1.165) is 19.3 Å². The van der Waals surface area contributed by atoms with Crippen LogP contribution in [0.25, 0.3) is 0 Å². The van der Waals surface area contributed by atoms with E-state index in [1.807, 2.05) is 6.92 Å². The largest absolute Gasteiger partial charge is 0.495 e. The number of halogens is 1. The first-order valence-corrected chi connectivity index (χ1v) is 6.76. The van der Waals surface area contributed by atoms with Gasteiger partial charge in [-0.15, -0.1) is 0 Å². The fourth-order valence-electron chi connectivity index (χ4n) is 2.49. The Balaban J connectivity index is 2.13. The Morgan fingerprint density at radius 1 is 1.58 bits per heavy atom. The highest BCUT2D eigenvalue weighted by atomic mass is 35.5. The molecule has 0 radical (unpaired) electrons. The lowest BCUT2D eigenvalue weighted by atomic mass is 9.84. The van der Waals surface area contributed by atoms with Crippen molar-refractivity contribution in [1.29, 1.82) is 0 Å². The SMILES string of the molecule is COc1ccc(NC(=O)C2(C)CCCC2N)cc1Cl. The topological polar surface area (TPSA) is 64.3 Å². The van der Waals surface area contributed by atoms with Crippen LogP contribution in [-0.4, -0.2) is 19.1 Å². The molecule has 1 aromatic carbocycles. The van der Waals surface area contributed by atoms with E-state index >= 15 is 0 Å². The zero-order valence-corrected chi connectivity index (χ0v) is 12.0. The number of carbonyl (C=O) groups is 1. The minimum Gasteiger partial charge on any atom is -0.495 e. The standard InChI is InChI=1S/C14H19ClN2O2/c1-14(7-3-4-12(14)16)13(18)17-9-5-6-11(19-2)10(15)8-9/h5-6,8,12H,3-4,7,16H2,1-2H3,(H,17,18). The van der Waals surface area contributed by atoms with Gasteiger partial charge in [-0.25, -0.2) is 0 Å². The van der Waals surface area contributed by atoms with Crippen molar-refractivity contribution in [3.63, 3.8) is 0 Å². The number of benzene rings is 1. The van der Waals surface area contributed by atoms with Gasteiger partial charge in [-0.1, -0.05) is 18.0 Å². The van der Waals surface area contributed by atoms with Crippen LogP contribution in [0.4, 0.5) is 5.69 Å². The van der Waals surface area contributed by atoms with E-state index in [9.17, 15) is 4.79 Å². The molecular formula is C14H19ClN2O2. The molecule has 1 saturated carbocycles. The molecule has 1 fully saturated rings.